The fourth-order valence-corrected chi connectivity index (χ4v) is 1.27. The van der Waals surface area contributed by atoms with Crippen LogP contribution in [0.5, 0.6) is 0 Å². The Hall–Kier alpha value is -1.12. The Kier molecular flexibility index (Phi) is 3.68. The van der Waals surface area contributed by atoms with Gasteiger partial charge < -0.3 is 5.73 Å². The maximum absolute atomic E-state index is 5.75. The van der Waals surface area contributed by atoms with Crippen molar-refractivity contribution in [3.63, 3.8) is 0 Å². The van der Waals surface area contributed by atoms with E-state index in [9.17, 15) is 0 Å². The number of nitrogen functional groups attached to an aromatic ring is 1. The molecule has 0 fully saturated rings. The molecule has 0 spiro atoms. The number of nitrogens with two attached hydrogens (primary N) is 1. The van der Waals surface area contributed by atoms with Gasteiger partial charge in [0.15, 0.2) is 0 Å². The van der Waals surface area contributed by atoms with Crippen molar-refractivity contribution in [1.82, 2.24) is 9.97 Å². The Balaban J connectivity index is 2.56. The van der Waals surface area contributed by atoms with Crippen LogP contribution in [0.25, 0.3) is 0 Å². The number of hydrogen-bond donors (Lipinski definition) is 1. The first-order chi connectivity index (χ1) is 6.24. The Morgan fingerprint density at radius 2 is 2.15 bits per heavy atom. The topological polar surface area (TPSA) is 51.8 Å². The van der Waals surface area contributed by atoms with Gasteiger partial charge in [-0.1, -0.05) is 19.8 Å². The second-order valence-electron chi connectivity index (χ2n) is 3.28. The van der Waals surface area contributed by atoms with E-state index in [-0.39, 0.29) is 0 Å². The number of unbranched alkanes of at least 4 members (excludes halogenated alkanes) is 2. The summed E-state index contributed by atoms with van der Waals surface area (Å²) in [5, 5.41) is 0. The average molecular weight is 179 g/mol. The number of aryl methyl sites for hydroxylation is 2. The molecule has 1 aromatic heterocycles. The minimum absolute atomic E-state index is 0.642. The van der Waals surface area contributed by atoms with Gasteiger partial charge in [-0.25, -0.2) is 9.97 Å². The molecule has 0 aliphatic rings. The Morgan fingerprint density at radius 3 is 2.77 bits per heavy atom. The molecule has 72 valence electrons. The third-order valence-corrected chi connectivity index (χ3v) is 2.07. The van der Waals surface area contributed by atoms with Crippen molar-refractivity contribution in [1.29, 1.82) is 0 Å². The van der Waals surface area contributed by atoms with Crippen LogP contribution < -0.4 is 5.73 Å². The van der Waals surface area contributed by atoms with Crippen LogP contribution in [0.2, 0.25) is 0 Å². The third-order valence-electron chi connectivity index (χ3n) is 2.07. The van der Waals surface area contributed by atoms with Gasteiger partial charge in [0, 0.05) is 11.8 Å². The lowest BCUT2D eigenvalue weighted by atomic mass is 10.1. The molecule has 0 aliphatic carbocycles. The fraction of sp³-hybridized carbons (Fsp3) is 0.600. The van der Waals surface area contributed by atoms with Crippen LogP contribution in [0.15, 0.2) is 6.20 Å². The van der Waals surface area contributed by atoms with Gasteiger partial charge in [0.1, 0.15) is 11.6 Å². The molecule has 1 heterocycles. The van der Waals surface area contributed by atoms with Gasteiger partial charge in [0.2, 0.25) is 0 Å². The minimum atomic E-state index is 0.642. The normalized spacial score (nSPS) is 10.3. The Morgan fingerprint density at radius 1 is 1.38 bits per heavy atom. The summed E-state index contributed by atoms with van der Waals surface area (Å²) in [4.78, 5) is 8.25. The van der Waals surface area contributed by atoms with Crippen molar-refractivity contribution in [3.05, 3.63) is 17.6 Å². The standard InChI is InChI=1S/C10H17N3/c1-3-4-5-6-9-7-12-8(2)13-10(9)11/h7H,3-6H2,1-2H3,(H2,11,12,13). The van der Waals surface area contributed by atoms with Crippen LogP contribution in [0.3, 0.4) is 0 Å². The first-order valence-corrected chi connectivity index (χ1v) is 4.82. The van der Waals surface area contributed by atoms with Crippen LogP contribution in [-0.2, 0) is 6.42 Å². The Labute approximate surface area is 79.4 Å². The number of hydrogen-bond acceptors (Lipinski definition) is 3. The second-order valence-corrected chi connectivity index (χ2v) is 3.28. The second kappa shape index (κ2) is 4.80. The van der Waals surface area contributed by atoms with Crippen LogP contribution in [0.4, 0.5) is 5.82 Å². The number of nitrogens with zero attached hydrogens (tertiary/aromatic N) is 2. The SMILES string of the molecule is CCCCCc1cnc(C)nc1N. The van der Waals surface area contributed by atoms with E-state index in [2.05, 4.69) is 16.9 Å². The summed E-state index contributed by atoms with van der Waals surface area (Å²) in [5.41, 5.74) is 6.83. The lowest BCUT2D eigenvalue weighted by Gasteiger charge is -2.03. The third kappa shape index (κ3) is 3.01. The first-order valence-electron chi connectivity index (χ1n) is 4.82. The van der Waals surface area contributed by atoms with Gasteiger partial charge in [0.25, 0.3) is 0 Å². The molecule has 2 N–H and O–H groups in total. The highest BCUT2D eigenvalue weighted by Crippen LogP contribution is 2.11. The minimum Gasteiger partial charge on any atom is -0.383 e. The van der Waals surface area contributed by atoms with E-state index in [0.717, 1.165) is 17.8 Å². The van der Waals surface area contributed by atoms with Crippen molar-refractivity contribution in [3.8, 4) is 0 Å². The van der Waals surface area contributed by atoms with Gasteiger partial charge >= 0.3 is 0 Å². The molecule has 0 saturated heterocycles. The highest BCUT2D eigenvalue weighted by molar-refractivity contribution is 5.37. The fourth-order valence-electron chi connectivity index (χ4n) is 1.27. The summed E-state index contributed by atoms with van der Waals surface area (Å²) in [6, 6.07) is 0. The predicted octanol–water partition coefficient (Wildman–Crippen LogP) is 2.10. The van der Waals surface area contributed by atoms with E-state index < -0.39 is 0 Å². The van der Waals surface area contributed by atoms with E-state index in [1.807, 2.05) is 13.1 Å². The van der Waals surface area contributed by atoms with Crippen LogP contribution in [-0.4, -0.2) is 9.97 Å². The molecule has 0 aliphatic heterocycles. The molecule has 3 heteroatoms. The molecule has 0 atom stereocenters. The molecule has 0 aromatic carbocycles. The van der Waals surface area contributed by atoms with Gasteiger partial charge in [-0.3, -0.25) is 0 Å². The van der Waals surface area contributed by atoms with E-state index in [1.54, 1.807) is 0 Å². The zero-order chi connectivity index (χ0) is 9.68. The van der Waals surface area contributed by atoms with Crippen molar-refractivity contribution < 1.29 is 0 Å². The maximum atomic E-state index is 5.75. The zero-order valence-electron chi connectivity index (χ0n) is 8.38. The van der Waals surface area contributed by atoms with E-state index >= 15 is 0 Å². The molecule has 0 unspecified atom stereocenters. The van der Waals surface area contributed by atoms with Gasteiger partial charge in [0.05, 0.1) is 0 Å². The highest BCUT2D eigenvalue weighted by atomic mass is 14.9. The average Bonchev–Trinajstić information content (AvgIpc) is 2.09. The van der Waals surface area contributed by atoms with Crippen molar-refractivity contribution in [2.75, 3.05) is 5.73 Å². The number of aromatic nitrogens is 2. The number of anilines is 1. The summed E-state index contributed by atoms with van der Waals surface area (Å²) in [7, 11) is 0. The van der Waals surface area contributed by atoms with Crippen molar-refractivity contribution >= 4 is 5.82 Å². The zero-order valence-corrected chi connectivity index (χ0v) is 8.38. The van der Waals surface area contributed by atoms with Crippen LogP contribution in [0.1, 0.15) is 37.6 Å². The van der Waals surface area contributed by atoms with Gasteiger partial charge in [-0.05, 0) is 19.8 Å². The van der Waals surface area contributed by atoms with Crippen molar-refractivity contribution in [2.45, 2.75) is 39.5 Å². The molecule has 0 radical (unpaired) electrons. The first kappa shape index (κ1) is 9.96. The lowest BCUT2D eigenvalue weighted by molar-refractivity contribution is 0.714. The molecule has 13 heavy (non-hydrogen) atoms. The molecule has 1 rings (SSSR count). The summed E-state index contributed by atoms with van der Waals surface area (Å²) in [6.45, 7) is 4.04. The van der Waals surface area contributed by atoms with Crippen LogP contribution in [0, 0.1) is 6.92 Å². The molecular weight excluding hydrogens is 162 g/mol. The predicted molar refractivity (Wildman–Crippen MR) is 54.4 cm³/mol. The summed E-state index contributed by atoms with van der Waals surface area (Å²) >= 11 is 0. The molecular formula is C10H17N3. The Bertz CT molecular complexity index is 271. The molecule has 0 bridgehead atoms. The van der Waals surface area contributed by atoms with E-state index in [4.69, 9.17) is 5.73 Å². The van der Waals surface area contributed by atoms with Gasteiger partial charge in [-0.15, -0.1) is 0 Å². The summed E-state index contributed by atoms with van der Waals surface area (Å²) in [6.07, 6.45) is 6.49. The summed E-state index contributed by atoms with van der Waals surface area (Å²) < 4.78 is 0. The lowest BCUT2D eigenvalue weighted by Crippen LogP contribution is -2.01. The van der Waals surface area contributed by atoms with E-state index in [1.165, 1.54) is 19.3 Å². The van der Waals surface area contributed by atoms with Crippen molar-refractivity contribution in [2.24, 2.45) is 0 Å². The number of rotatable bonds is 4. The molecule has 0 saturated carbocycles. The molecule has 0 amide bonds. The highest BCUT2D eigenvalue weighted by Gasteiger charge is 2.00. The van der Waals surface area contributed by atoms with E-state index in [0.29, 0.717) is 5.82 Å². The smallest absolute Gasteiger partial charge is 0.130 e. The monoisotopic (exact) mass is 179 g/mol. The van der Waals surface area contributed by atoms with Crippen LogP contribution >= 0.6 is 0 Å². The molecule has 1 aromatic rings. The van der Waals surface area contributed by atoms with Gasteiger partial charge in [-0.2, -0.15) is 0 Å². The molecule has 3 nitrogen and oxygen atoms in total. The summed E-state index contributed by atoms with van der Waals surface area (Å²) in [5.74, 6) is 1.39. The largest absolute Gasteiger partial charge is 0.383 e. The maximum Gasteiger partial charge on any atom is 0.130 e. The quantitative estimate of drug-likeness (QED) is 0.720.